The Morgan fingerprint density at radius 2 is 2.04 bits per heavy atom. The van der Waals surface area contributed by atoms with E-state index in [0.29, 0.717) is 22.8 Å². The molecule has 0 spiro atoms. The first kappa shape index (κ1) is 17.3. The Kier molecular flexibility index (Phi) is 5.26. The molecule has 134 valence electrons. The SMILES string of the molecule is Cc1noc(C)c1COc1cc(C(=O)OC2CCCCC2)ccc1N. The number of carbonyl (C=O) groups excluding carboxylic acids is 1. The molecule has 1 aromatic carbocycles. The first-order valence-corrected chi connectivity index (χ1v) is 8.69. The lowest BCUT2D eigenvalue weighted by molar-refractivity contribution is 0.0210. The molecule has 1 fully saturated rings. The molecule has 2 aromatic rings. The highest BCUT2D eigenvalue weighted by Gasteiger charge is 2.20. The molecule has 2 N–H and O–H groups in total. The average molecular weight is 344 g/mol. The van der Waals surface area contributed by atoms with Crippen molar-refractivity contribution in [3.8, 4) is 5.75 Å². The minimum Gasteiger partial charge on any atom is -0.487 e. The molecule has 0 unspecified atom stereocenters. The predicted octanol–water partition coefficient (Wildman–Crippen LogP) is 3.94. The third-order valence-electron chi connectivity index (χ3n) is 4.63. The second-order valence-corrected chi connectivity index (χ2v) is 6.51. The van der Waals surface area contributed by atoms with Gasteiger partial charge >= 0.3 is 5.97 Å². The van der Waals surface area contributed by atoms with E-state index in [1.165, 1.54) is 6.42 Å². The zero-order valence-electron chi connectivity index (χ0n) is 14.7. The van der Waals surface area contributed by atoms with Crippen molar-refractivity contribution in [1.29, 1.82) is 0 Å². The number of hydrogen-bond acceptors (Lipinski definition) is 6. The van der Waals surface area contributed by atoms with Gasteiger partial charge in [-0.2, -0.15) is 0 Å². The zero-order valence-corrected chi connectivity index (χ0v) is 14.7. The van der Waals surface area contributed by atoms with Crippen LogP contribution in [0.25, 0.3) is 0 Å². The van der Waals surface area contributed by atoms with E-state index in [9.17, 15) is 4.79 Å². The number of rotatable bonds is 5. The number of ether oxygens (including phenoxy) is 2. The van der Waals surface area contributed by atoms with Gasteiger partial charge in [-0.05, 0) is 57.7 Å². The second kappa shape index (κ2) is 7.59. The van der Waals surface area contributed by atoms with Crippen molar-refractivity contribution in [2.75, 3.05) is 5.73 Å². The van der Waals surface area contributed by atoms with Crippen LogP contribution in [0.1, 0.15) is 59.5 Å². The lowest BCUT2D eigenvalue weighted by atomic mass is 9.98. The van der Waals surface area contributed by atoms with E-state index < -0.39 is 0 Å². The molecule has 0 amide bonds. The summed E-state index contributed by atoms with van der Waals surface area (Å²) in [7, 11) is 0. The normalized spacial score (nSPS) is 15.1. The van der Waals surface area contributed by atoms with Gasteiger partial charge in [-0.15, -0.1) is 0 Å². The topological polar surface area (TPSA) is 87.6 Å². The maximum absolute atomic E-state index is 12.4. The van der Waals surface area contributed by atoms with Crippen LogP contribution in [-0.2, 0) is 11.3 Å². The molecule has 1 saturated carbocycles. The number of aryl methyl sites for hydroxylation is 2. The number of carbonyl (C=O) groups is 1. The standard InChI is InChI=1S/C19H24N2O4/c1-12-16(13(2)25-21-12)11-23-18-10-14(8-9-17(18)20)19(22)24-15-6-4-3-5-7-15/h8-10,15H,3-7,11,20H2,1-2H3. The smallest absolute Gasteiger partial charge is 0.338 e. The summed E-state index contributed by atoms with van der Waals surface area (Å²) in [6, 6.07) is 4.97. The highest BCUT2D eigenvalue weighted by molar-refractivity contribution is 5.90. The molecule has 6 heteroatoms. The molecule has 0 atom stereocenters. The van der Waals surface area contributed by atoms with Gasteiger partial charge in [0.1, 0.15) is 24.2 Å². The van der Waals surface area contributed by atoms with Crippen molar-refractivity contribution in [2.24, 2.45) is 0 Å². The van der Waals surface area contributed by atoms with Gasteiger partial charge in [-0.1, -0.05) is 11.6 Å². The Morgan fingerprint density at radius 3 is 2.72 bits per heavy atom. The Morgan fingerprint density at radius 1 is 1.28 bits per heavy atom. The van der Waals surface area contributed by atoms with E-state index in [2.05, 4.69) is 5.16 Å². The lowest BCUT2D eigenvalue weighted by Gasteiger charge is -2.22. The van der Waals surface area contributed by atoms with Gasteiger partial charge in [0.05, 0.1) is 22.5 Å². The van der Waals surface area contributed by atoms with Crippen LogP contribution in [0.3, 0.4) is 0 Å². The third kappa shape index (κ3) is 4.13. The van der Waals surface area contributed by atoms with Crippen LogP contribution in [0.4, 0.5) is 5.69 Å². The first-order chi connectivity index (χ1) is 12.0. The van der Waals surface area contributed by atoms with Crippen LogP contribution in [0, 0.1) is 13.8 Å². The molecule has 1 aliphatic carbocycles. The number of esters is 1. The predicted molar refractivity (Wildman–Crippen MR) is 93.5 cm³/mol. The monoisotopic (exact) mass is 344 g/mol. The van der Waals surface area contributed by atoms with E-state index in [1.54, 1.807) is 18.2 Å². The van der Waals surface area contributed by atoms with Gasteiger partial charge < -0.3 is 19.7 Å². The largest absolute Gasteiger partial charge is 0.487 e. The van der Waals surface area contributed by atoms with Crippen LogP contribution in [0.5, 0.6) is 5.75 Å². The molecule has 0 bridgehead atoms. The first-order valence-electron chi connectivity index (χ1n) is 8.69. The fourth-order valence-corrected chi connectivity index (χ4v) is 3.05. The molecule has 6 nitrogen and oxygen atoms in total. The molecule has 0 aliphatic heterocycles. The molecule has 1 heterocycles. The van der Waals surface area contributed by atoms with Gasteiger partial charge in [0.15, 0.2) is 0 Å². The van der Waals surface area contributed by atoms with Gasteiger partial charge in [0.2, 0.25) is 0 Å². The molecule has 0 saturated heterocycles. The Balaban J connectivity index is 1.68. The van der Waals surface area contributed by atoms with E-state index >= 15 is 0 Å². The number of benzene rings is 1. The second-order valence-electron chi connectivity index (χ2n) is 6.51. The molecule has 1 aromatic heterocycles. The summed E-state index contributed by atoms with van der Waals surface area (Å²) >= 11 is 0. The van der Waals surface area contributed by atoms with Crippen molar-refractivity contribution in [2.45, 2.75) is 58.7 Å². The summed E-state index contributed by atoms with van der Waals surface area (Å²) in [6.45, 7) is 3.98. The average Bonchev–Trinajstić information content (AvgIpc) is 2.93. The van der Waals surface area contributed by atoms with E-state index in [1.807, 2.05) is 13.8 Å². The summed E-state index contributed by atoms with van der Waals surface area (Å²) < 4.78 is 16.5. The molecular formula is C19H24N2O4. The maximum Gasteiger partial charge on any atom is 0.338 e. The minimum atomic E-state index is -0.325. The molecule has 1 aliphatic rings. The van der Waals surface area contributed by atoms with Gasteiger partial charge in [-0.3, -0.25) is 0 Å². The summed E-state index contributed by atoms with van der Waals surface area (Å²) in [5.41, 5.74) is 8.56. The fourth-order valence-electron chi connectivity index (χ4n) is 3.05. The molecule has 0 radical (unpaired) electrons. The molecular weight excluding hydrogens is 320 g/mol. The third-order valence-corrected chi connectivity index (χ3v) is 4.63. The van der Waals surface area contributed by atoms with Crippen LogP contribution >= 0.6 is 0 Å². The molecule has 3 rings (SSSR count). The van der Waals surface area contributed by atoms with Crippen molar-refractivity contribution < 1.29 is 18.8 Å². The van der Waals surface area contributed by atoms with Crippen molar-refractivity contribution in [3.05, 3.63) is 40.8 Å². The maximum atomic E-state index is 12.4. The number of nitrogens with zero attached hydrogens (tertiary/aromatic N) is 1. The Hall–Kier alpha value is -2.50. The van der Waals surface area contributed by atoms with Crippen molar-refractivity contribution in [1.82, 2.24) is 5.16 Å². The summed E-state index contributed by atoms with van der Waals surface area (Å²) in [5, 5.41) is 3.90. The highest BCUT2D eigenvalue weighted by Crippen LogP contribution is 2.27. The fraction of sp³-hybridized carbons (Fsp3) is 0.474. The molecule has 25 heavy (non-hydrogen) atoms. The van der Waals surface area contributed by atoms with E-state index in [4.69, 9.17) is 19.7 Å². The summed E-state index contributed by atoms with van der Waals surface area (Å²) in [5.74, 6) is 0.844. The van der Waals surface area contributed by atoms with Crippen molar-refractivity contribution >= 4 is 11.7 Å². The van der Waals surface area contributed by atoms with Gasteiger partial charge in [-0.25, -0.2) is 4.79 Å². The quantitative estimate of drug-likeness (QED) is 0.653. The van der Waals surface area contributed by atoms with E-state index in [0.717, 1.165) is 36.9 Å². The lowest BCUT2D eigenvalue weighted by Crippen LogP contribution is -2.21. The van der Waals surface area contributed by atoms with Crippen molar-refractivity contribution in [3.63, 3.8) is 0 Å². The zero-order chi connectivity index (χ0) is 17.8. The Bertz CT molecular complexity index is 728. The number of anilines is 1. The van der Waals surface area contributed by atoms with Crippen LogP contribution in [0.15, 0.2) is 22.7 Å². The number of nitrogens with two attached hydrogens (primary N) is 1. The van der Waals surface area contributed by atoms with Crippen LogP contribution in [0.2, 0.25) is 0 Å². The number of aromatic nitrogens is 1. The van der Waals surface area contributed by atoms with Crippen LogP contribution in [-0.4, -0.2) is 17.2 Å². The van der Waals surface area contributed by atoms with Crippen LogP contribution < -0.4 is 10.5 Å². The van der Waals surface area contributed by atoms with Gasteiger partial charge in [0, 0.05) is 0 Å². The number of hydrogen-bond donors (Lipinski definition) is 1. The minimum absolute atomic E-state index is 0.0190. The number of nitrogen functional groups attached to an aromatic ring is 1. The summed E-state index contributed by atoms with van der Waals surface area (Å²) in [4.78, 5) is 12.4. The van der Waals surface area contributed by atoms with Gasteiger partial charge in [0.25, 0.3) is 0 Å². The van der Waals surface area contributed by atoms with E-state index in [-0.39, 0.29) is 18.7 Å². The Labute approximate surface area is 147 Å². The summed E-state index contributed by atoms with van der Waals surface area (Å²) in [6.07, 6.45) is 5.35. The highest BCUT2D eigenvalue weighted by atomic mass is 16.5.